The van der Waals surface area contributed by atoms with Gasteiger partial charge in [-0.3, -0.25) is 9.59 Å². The lowest BCUT2D eigenvalue weighted by Crippen LogP contribution is -2.60. The summed E-state index contributed by atoms with van der Waals surface area (Å²) in [4.78, 5) is 36.3. The Bertz CT molecular complexity index is 1290. The Morgan fingerprint density at radius 3 is 2.39 bits per heavy atom. The van der Waals surface area contributed by atoms with Crippen molar-refractivity contribution in [1.29, 1.82) is 0 Å². The van der Waals surface area contributed by atoms with E-state index in [0.29, 0.717) is 25.4 Å². The number of amidine groups is 1. The van der Waals surface area contributed by atoms with Crippen LogP contribution in [-0.4, -0.2) is 156 Å². The van der Waals surface area contributed by atoms with Crippen LogP contribution in [0, 0.1) is 17.8 Å². The Balaban J connectivity index is 1.78. The summed E-state index contributed by atoms with van der Waals surface area (Å²) >= 11 is 1.66. The summed E-state index contributed by atoms with van der Waals surface area (Å²) in [5.41, 5.74) is -2.45. The van der Waals surface area contributed by atoms with Gasteiger partial charge in [0.25, 0.3) is 6.02 Å². The van der Waals surface area contributed by atoms with Gasteiger partial charge in [0.15, 0.2) is 18.7 Å². The fourth-order valence-corrected chi connectivity index (χ4v) is 9.26. The van der Waals surface area contributed by atoms with E-state index in [1.807, 2.05) is 59.7 Å². The SMILES string of the molecule is COC1(C)C[C@H](OC2C(C)C(=O)N[C@H](CCSC)CC(=O)N(C)C[C@H](C)C[C@@](C)(O)[C@H](OC3O[C@H](C)C[C@H]4[C@H]3OC(=NC(C)C)N4C)[C@H]2C)O[C@@H](C)[C@@H]1O. The molecule has 2 amide bonds. The number of nitrogens with one attached hydrogen (secondary N) is 1. The summed E-state index contributed by atoms with van der Waals surface area (Å²) in [5.74, 6) is -1.09. The zero-order valence-electron chi connectivity index (χ0n) is 34.9. The predicted octanol–water partition coefficient (Wildman–Crippen LogP) is 3.41. The minimum absolute atomic E-state index is 0.0174. The van der Waals surface area contributed by atoms with E-state index >= 15 is 0 Å². The van der Waals surface area contributed by atoms with Crippen LogP contribution in [0.3, 0.4) is 0 Å². The van der Waals surface area contributed by atoms with Crippen LogP contribution in [0.15, 0.2) is 4.99 Å². The van der Waals surface area contributed by atoms with E-state index in [-0.39, 0.29) is 61.2 Å². The van der Waals surface area contributed by atoms with Gasteiger partial charge in [-0.1, -0.05) is 20.8 Å². The molecule has 15 atom stereocenters. The number of methoxy groups -OCH3 is 1. The third-order valence-electron chi connectivity index (χ3n) is 11.8. The highest BCUT2D eigenvalue weighted by Crippen LogP contribution is 2.40. The number of aliphatic hydroxyl groups is 2. The van der Waals surface area contributed by atoms with Crippen molar-refractivity contribution >= 4 is 29.6 Å². The van der Waals surface area contributed by atoms with Gasteiger partial charge >= 0.3 is 0 Å². The second-order valence-corrected chi connectivity index (χ2v) is 18.2. The Morgan fingerprint density at radius 2 is 1.76 bits per heavy atom. The molecule has 312 valence electrons. The van der Waals surface area contributed by atoms with Crippen molar-refractivity contribution in [2.75, 3.05) is 39.8 Å². The molecular formula is C39H70N4O10S. The van der Waals surface area contributed by atoms with Gasteiger partial charge in [-0.15, -0.1) is 0 Å². The fraction of sp³-hybridized carbons (Fsp3) is 0.923. The van der Waals surface area contributed by atoms with Crippen LogP contribution < -0.4 is 5.32 Å². The molecule has 4 saturated heterocycles. The van der Waals surface area contributed by atoms with E-state index in [1.54, 1.807) is 51.6 Å². The van der Waals surface area contributed by atoms with Crippen LogP contribution in [0.5, 0.6) is 0 Å². The fourth-order valence-electron chi connectivity index (χ4n) is 8.74. The standard InChI is InChI=1S/C39H70N4O10S/c1-21(2)40-37-43(11)28-16-23(4)49-36(32(28)52-37)53-34-24(5)31(51-30-19-39(9,48-12)33(45)26(7)50-30)25(6)35(46)41-27(14-15-54-13)17-29(44)42(10)20-22(3)18-38(34,8)47/h21-28,30-34,36,45,47H,14-20H2,1-13H3,(H,41,46)/t22-,23-,24+,25?,26+,27-,28+,30+,31?,32-,33+,34-,36?,38-,39?/m1/s1. The number of hydrogen-bond donors (Lipinski definition) is 3. The number of hydrogen-bond acceptors (Lipinski definition) is 12. The molecule has 0 aromatic rings. The summed E-state index contributed by atoms with van der Waals surface area (Å²) in [7, 11) is 5.28. The molecule has 15 heteroatoms. The first-order chi connectivity index (χ1) is 25.2. The highest BCUT2D eigenvalue weighted by atomic mass is 32.2. The van der Waals surface area contributed by atoms with Crippen LogP contribution in [0.4, 0.5) is 0 Å². The lowest BCUT2D eigenvalue weighted by molar-refractivity contribution is -0.313. The molecule has 0 aromatic carbocycles. The van der Waals surface area contributed by atoms with E-state index in [2.05, 4.69) is 5.32 Å². The lowest BCUT2D eigenvalue weighted by atomic mass is 9.77. The Kier molecular flexibility index (Phi) is 15.6. The van der Waals surface area contributed by atoms with Gasteiger partial charge in [0.05, 0.1) is 47.6 Å². The van der Waals surface area contributed by atoms with Crippen molar-refractivity contribution in [3.8, 4) is 0 Å². The molecule has 0 aliphatic carbocycles. The monoisotopic (exact) mass is 786 g/mol. The quantitative estimate of drug-likeness (QED) is 0.313. The largest absolute Gasteiger partial charge is 0.454 e. The van der Waals surface area contributed by atoms with Crippen LogP contribution in [0.25, 0.3) is 0 Å². The lowest BCUT2D eigenvalue weighted by Gasteiger charge is -2.48. The van der Waals surface area contributed by atoms with Crippen molar-refractivity contribution in [3.05, 3.63) is 0 Å². The first kappa shape index (κ1) is 45.0. The van der Waals surface area contributed by atoms with E-state index in [0.717, 1.165) is 5.75 Å². The third-order valence-corrected chi connectivity index (χ3v) is 12.4. The number of rotatable bonds is 9. The van der Waals surface area contributed by atoms with Crippen LogP contribution in [0.2, 0.25) is 0 Å². The summed E-state index contributed by atoms with van der Waals surface area (Å²) in [6.07, 6.45) is -1.76. The number of amides is 2. The topological polar surface area (TPSA) is 161 Å². The summed E-state index contributed by atoms with van der Waals surface area (Å²) in [6.45, 7) is 17.5. The number of aliphatic hydroxyl groups excluding tert-OH is 1. The highest BCUT2D eigenvalue weighted by Gasteiger charge is 2.54. The Labute approximate surface area is 327 Å². The van der Waals surface area contributed by atoms with Gasteiger partial charge in [0.2, 0.25) is 11.8 Å². The number of carbonyl (C=O) groups excluding carboxylic acids is 2. The van der Waals surface area contributed by atoms with Crippen LogP contribution >= 0.6 is 11.8 Å². The number of ether oxygens (including phenoxy) is 6. The first-order valence-corrected chi connectivity index (χ1v) is 21.2. The molecule has 0 aromatic heterocycles. The normalized spacial score (nSPS) is 43.9. The van der Waals surface area contributed by atoms with Gasteiger partial charge in [-0.25, -0.2) is 4.99 Å². The molecule has 4 aliphatic heterocycles. The summed E-state index contributed by atoms with van der Waals surface area (Å²) < 4.78 is 38.8. The van der Waals surface area contributed by atoms with E-state index < -0.39 is 66.1 Å². The van der Waals surface area contributed by atoms with Gasteiger partial charge in [-0.2, -0.15) is 11.8 Å². The van der Waals surface area contributed by atoms with Crippen molar-refractivity contribution < 1.29 is 48.2 Å². The van der Waals surface area contributed by atoms with Gasteiger partial charge in [0.1, 0.15) is 6.10 Å². The zero-order valence-corrected chi connectivity index (χ0v) is 35.8. The molecule has 0 spiro atoms. The Hall–Kier alpha value is -1.72. The van der Waals surface area contributed by atoms with Crippen molar-refractivity contribution in [2.24, 2.45) is 22.7 Å². The number of likely N-dealkylation sites (N-methyl/N-ethyl adjacent to an activating group) is 1. The third kappa shape index (κ3) is 10.6. The molecule has 14 nitrogen and oxygen atoms in total. The molecule has 4 aliphatic rings. The second-order valence-electron chi connectivity index (χ2n) is 17.2. The molecule has 0 radical (unpaired) electrons. The van der Waals surface area contributed by atoms with Gasteiger partial charge in [0, 0.05) is 58.6 Å². The number of aliphatic imine (C=N–C) groups is 1. The highest BCUT2D eigenvalue weighted by molar-refractivity contribution is 7.98. The molecule has 0 bridgehead atoms. The molecule has 4 heterocycles. The molecule has 4 unspecified atom stereocenters. The average Bonchev–Trinajstić information content (AvgIpc) is 3.39. The van der Waals surface area contributed by atoms with Gasteiger partial charge < -0.3 is 53.8 Å². The number of fused-ring (bicyclic) bond motifs is 1. The van der Waals surface area contributed by atoms with Crippen molar-refractivity contribution in [1.82, 2.24) is 15.1 Å². The second kappa shape index (κ2) is 18.7. The minimum atomic E-state index is -1.48. The molecule has 0 saturated carbocycles. The van der Waals surface area contributed by atoms with Crippen LogP contribution in [-0.2, 0) is 38.0 Å². The van der Waals surface area contributed by atoms with Crippen molar-refractivity contribution in [2.45, 2.75) is 173 Å². The molecule has 4 fully saturated rings. The molecule has 4 rings (SSSR count). The minimum Gasteiger partial charge on any atom is -0.454 e. The molecule has 54 heavy (non-hydrogen) atoms. The Morgan fingerprint density at radius 1 is 1.07 bits per heavy atom. The smallest absolute Gasteiger partial charge is 0.288 e. The van der Waals surface area contributed by atoms with E-state index in [1.165, 1.54) is 0 Å². The van der Waals surface area contributed by atoms with Gasteiger partial charge in [-0.05, 0) is 78.7 Å². The van der Waals surface area contributed by atoms with Crippen LogP contribution in [0.1, 0.15) is 94.4 Å². The number of carbonyl (C=O) groups is 2. The van der Waals surface area contributed by atoms with E-state index in [9.17, 15) is 19.8 Å². The molecular weight excluding hydrogens is 717 g/mol. The maximum Gasteiger partial charge on any atom is 0.288 e. The maximum absolute atomic E-state index is 14.3. The maximum atomic E-state index is 14.3. The molecule has 3 N–H and O–H groups in total. The van der Waals surface area contributed by atoms with E-state index in [4.69, 9.17) is 33.4 Å². The zero-order chi connectivity index (χ0) is 40.3. The average molecular weight is 787 g/mol. The number of thioether (sulfide) groups is 1. The first-order valence-electron chi connectivity index (χ1n) is 19.8. The predicted molar refractivity (Wildman–Crippen MR) is 208 cm³/mol. The summed E-state index contributed by atoms with van der Waals surface area (Å²) in [5, 5.41) is 26.8. The van der Waals surface area contributed by atoms with Crippen molar-refractivity contribution in [3.63, 3.8) is 0 Å². The summed E-state index contributed by atoms with van der Waals surface area (Å²) in [6, 6.07) is 0.0902. The number of nitrogens with zero attached hydrogens (tertiary/aromatic N) is 3.